The number of aromatic nitrogens is 4. The van der Waals surface area contributed by atoms with Crippen LogP contribution < -0.4 is 16.2 Å². The Kier molecular flexibility index (Phi) is 6.45. The van der Waals surface area contributed by atoms with Crippen LogP contribution >= 0.6 is 0 Å². The molecule has 3 atom stereocenters. The number of imidazole rings is 1. The second-order valence-corrected chi connectivity index (χ2v) is 8.43. The van der Waals surface area contributed by atoms with Crippen molar-refractivity contribution in [1.82, 2.24) is 24.4 Å². The molecule has 0 radical (unpaired) electrons. The number of amides is 1. The Balaban J connectivity index is 1.41. The molecule has 0 unspecified atom stereocenters. The molecule has 1 amide bonds. The first-order valence-corrected chi connectivity index (χ1v) is 10.8. The highest BCUT2D eigenvalue weighted by Gasteiger charge is 2.43. The number of anilines is 1. The van der Waals surface area contributed by atoms with Gasteiger partial charge in [-0.05, 0) is 43.5 Å². The molecule has 0 bridgehead atoms. The van der Waals surface area contributed by atoms with Crippen molar-refractivity contribution in [1.29, 1.82) is 0 Å². The molecule has 1 aliphatic rings. The second kappa shape index (κ2) is 9.30. The minimum Gasteiger partial charge on any atom is -0.492 e. The summed E-state index contributed by atoms with van der Waals surface area (Å²) in [6.07, 6.45) is 2.93. The van der Waals surface area contributed by atoms with Gasteiger partial charge in [-0.3, -0.25) is 4.79 Å². The normalized spacial score (nSPS) is 22.9. The van der Waals surface area contributed by atoms with Gasteiger partial charge in [0.05, 0.1) is 19.0 Å². The van der Waals surface area contributed by atoms with E-state index < -0.39 is 11.7 Å². The van der Waals surface area contributed by atoms with Crippen molar-refractivity contribution in [3.05, 3.63) is 42.5 Å². The summed E-state index contributed by atoms with van der Waals surface area (Å²) in [6, 6.07) is 6.67. The van der Waals surface area contributed by atoms with E-state index in [1.807, 2.05) is 0 Å². The average molecular weight is 456 g/mol. The average Bonchev–Trinajstić information content (AvgIpc) is 3.22. The van der Waals surface area contributed by atoms with Gasteiger partial charge in [-0.25, -0.2) is 15.0 Å². The molecule has 1 aliphatic carbocycles. The maximum Gasteiger partial charge on any atom is 0.253 e. The van der Waals surface area contributed by atoms with E-state index in [9.17, 15) is 15.0 Å². The Morgan fingerprint density at radius 2 is 2.06 bits per heavy atom. The molecule has 1 fully saturated rings. The van der Waals surface area contributed by atoms with Gasteiger partial charge in [-0.15, -0.1) is 0 Å². The van der Waals surface area contributed by atoms with Crippen molar-refractivity contribution in [2.24, 2.45) is 5.73 Å². The van der Waals surface area contributed by atoms with Crippen molar-refractivity contribution in [2.45, 2.75) is 43.6 Å². The molecule has 4 rings (SSSR count). The van der Waals surface area contributed by atoms with Crippen LogP contribution in [0, 0.1) is 0 Å². The maximum atomic E-state index is 13.0. The largest absolute Gasteiger partial charge is 0.492 e. The lowest BCUT2D eigenvalue weighted by Crippen LogP contribution is -2.54. The lowest BCUT2D eigenvalue weighted by Gasteiger charge is -2.43. The summed E-state index contributed by atoms with van der Waals surface area (Å²) in [5.41, 5.74) is 11.4. The van der Waals surface area contributed by atoms with Gasteiger partial charge in [0.15, 0.2) is 11.5 Å². The molecule has 11 heteroatoms. The molecule has 6 N–H and O–H groups in total. The first kappa shape index (κ1) is 22.9. The highest BCUT2D eigenvalue weighted by atomic mass is 16.5. The number of benzene rings is 1. The van der Waals surface area contributed by atoms with Crippen LogP contribution in [0.4, 0.5) is 5.82 Å². The van der Waals surface area contributed by atoms with Gasteiger partial charge in [-0.2, -0.15) is 0 Å². The van der Waals surface area contributed by atoms with Crippen molar-refractivity contribution < 1.29 is 19.7 Å². The highest BCUT2D eigenvalue weighted by Crippen LogP contribution is 2.33. The molecular formula is C22H29N7O4. The number of rotatable bonds is 7. The quantitative estimate of drug-likeness (QED) is 0.388. The van der Waals surface area contributed by atoms with Gasteiger partial charge in [0.1, 0.15) is 29.8 Å². The first-order valence-electron chi connectivity index (χ1n) is 10.8. The summed E-state index contributed by atoms with van der Waals surface area (Å²) in [4.78, 5) is 26.9. The maximum absolute atomic E-state index is 13.0. The number of hydrogen-bond donors (Lipinski definition) is 4. The Hall–Kier alpha value is -3.28. The van der Waals surface area contributed by atoms with Crippen molar-refractivity contribution in [3.63, 3.8) is 0 Å². The molecule has 1 aromatic carbocycles. The van der Waals surface area contributed by atoms with Crippen LogP contribution in [0.3, 0.4) is 0 Å². The summed E-state index contributed by atoms with van der Waals surface area (Å²) in [6.45, 7) is 0.930. The standard InChI is InChI=1S/C22H29N7O4/c1-28(21(31)14-2-4-16(5-3-14)33-9-8-23)15-6-7-22(32,17(30)10-15)11-29-13-27-18-19(24)25-12-26-20(18)29/h2-5,12-13,15,17,30,32H,6-11,23H2,1H3,(H2,24,25,26)/t15-,17+,22+/m0/s1. The molecule has 2 heterocycles. The van der Waals surface area contributed by atoms with E-state index in [1.165, 1.54) is 12.7 Å². The summed E-state index contributed by atoms with van der Waals surface area (Å²) in [7, 11) is 1.71. The van der Waals surface area contributed by atoms with Crippen LogP contribution in [0.2, 0.25) is 0 Å². The van der Waals surface area contributed by atoms with Gasteiger partial charge >= 0.3 is 0 Å². The molecular weight excluding hydrogens is 426 g/mol. The molecule has 1 saturated carbocycles. The topological polar surface area (TPSA) is 166 Å². The number of hydrogen-bond acceptors (Lipinski definition) is 9. The third-order valence-corrected chi connectivity index (χ3v) is 6.26. The lowest BCUT2D eigenvalue weighted by molar-refractivity contribution is -0.121. The third kappa shape index (κ3) is 4.61. The number of aliphatic hydroxyl groups excluding tert-OH is 1. The monoisotopic (exact) mass is 455 g/mol. The van der Waals surface area contributed by atoms with Crippen molar-refractivity contribution >= 4 is 22.9 Å². The molecule has 33 heavy (non-hydrogen) atoms. The van der Waals surface area contributed by atoms with Crippen LogP contribution in [0.5, 0.6) is 5.75 Å². The van der Waals surface area contributed by atoms with E-state index in [2.05, 4.69) is 15.0 Å². The third-order valence-electron chi connectivity index (χ3n) is 6.26. The van der Waals surface area contributed by atoms with Crippen LogP contribution in [0.25, 0.3) is 11.2 Å². The molecule has 2 aromatic heterocycles. The smallest absolute Gasteiger partial charge is 0.253 e. The van der Waals surface area contributed by atoms with Crippen LogP contribution in [-0.4, -0.2) is 78.5 Å². The summed E-state index contributed by atoms with van der Waals surface area (Å²) < 4.78 is 7.11. The number of carbonyl (C=O) groups is 1. The number of nitrogen functional groups attached to an aromatic ring is 1. The Bertz CT molecular complexity index is 1120. The Morgan fingerprint density at radius 1 is 1.30 bits per heavy atom. The minimum atomic E-state index is -1.38. The van der Waals surface area contributed by atoms with E-state index >= 15 is 0 Å². The van der Waals surface area contributed by atoms with E-state index in [0.717, 1.165) is 0 Å². The van der Waals surface area contributed by atoms with E-state index in [-0.39, 0.29) is 30.7 Å². The number of carbonyl (C=O) groups excluding carboxylic acids is 1. The fourth-order valence-electron chi connectivity index (χ4n) is 4.26. The van der Waals surface area contributed by atoms with Crippen LogP contribution in [-0.2, 0) is 6.54 Å². The van der Waals surface area contributed by atoms with Crippen LogP contribution in [0.15, 0.2) is 36.9 Å². The highest BCUT2D eigenvalue weighted by molar-refractivity contribution is 5.94. The van der Waals surface area contributed by atoms with Gasteiger partial charge in [0.25, 0.3) is 5.91 Å². The molecule has 3 aromatic rings. The zero-order valence-corrected chi connectivity index (χ0v) is 18.5. The molecule has 11 nitrogen and oxygen atoms in total. The fourth-order valence-corrected chi connectivity index (χ4v) is 4.26. The van der Waals surface area contributed by atoms with E-state index in [4.69, 9.17) is 16.2 Å². The SMILES string of the molecule is CN(C(=O)c1ccc(OCCN)cc1)[C@H]1CC[C@@](O)(Cn2cnc3c(N)ncnc32)[C@H](O)C1. The zero-order valence-electron chi connectivity index (χ0n) is 18.5. The van der Waals surface area contributed by atoms with Gasteiger partial charge in [0, 0.05) is 25.2 Å². The number of fused-ring (bicyclic) bond motifs is 1. The number of aliphatic hydroxyl groups is 2. The zero-order chi connectivity index (χ0) is 23.6. The van der Waals surface area contributed by atoms with Gasteiger partial charge < -0.3 is 35.9 Å². The Labute approximate surface area is 191 Å². The van der Waals surface area contributed by atoms with Gasteiger partial charge in [0.2, 0.25) is 0 Å². The molecule has 0 saturated heterocycles. The lowest BCUT2D eigenvalue weighted by atomic mass is 9.79. The van der Waals surface area contributed by atoms with E-state index in [0.29, 0.717) is 48.5 Å². The minimum absolute atomic E-state index is 0.107. The fraction of sp³-hybridized carbons (Fsp3) is 0.455. The van der Waals surface area contributed by atoms with E-state index in [1.54, 1.807) is 40.8 Å². The van der Waals surface area contributed by atoms with Crippen LogP contribution in [0.1, 0.15) is 29.6 Å². The number of nitrogens with zero attached hydrogens (tertiary/aromatic N) is 5. The predicted octanol–water partition coefficient (Wildman–Crippen LogP) is 0.163. The second-order valence-electron chi connectivity index (χ2n) is 8.43. The number of ether oxygens (including phenoxy) is 1. The summed E-state index contributed by atoms with van der Waals surface area (Å²) >= 11 is 0. The molecule has 0 spiro atoms. The van der Waals surface area contributed by atoms with Crippen molar-refractivity contribution in [2.75, 3.05) is 25.9 Å². The number of nitrogens with two attached hydrogens (primary N) is 2. The van der Waals surface area contributed by atoms with Gasteiger partial charge in [-0.1, -0.05) is 0 Å². The predicted molar refractivity (Wildman–Crippen MR) is 121 cm³/mol. The Morgan fingerprint density at radius 3 is 2.76 bits per heavy atom. The molecule has 176 valence electrons. The first-order chi connectivity index (χ1) is 15.8. The summed E-state index contributed by atoms with van der Waals surface area (Å²) in [5, 5.41) is 22.0. The summed E-state index contributed by atoms with van der Waals surface area (Å²) in [5.74, 6) is 0.752. The van der Waals surface area contributed by atoms with Crippen molar-refractivity contribution in [3.8, 4) is 5.75 Å². The molecule has 0 aliphatic heterocycles.